The van der Waals surface area contributed by atoms with Gasteiger partial charge in [0.15, 0.2) is 0 Å². The first-order chi connectivity index (χ1) is 15.8. The fourth-order valence-corrected chi connectivity index (χ4v) is 5.29. The molecule has 5 nitrogen and oxygen atoms in total. The van der Waals surface area contributed by atoms with Crippen LogP contribution in [0.15, 0.2) is 36.4 Å². The Morgan fingerprint density at radius 2 is 1.85 bits per heavy atom. The van der Waals surface area contributed by atoms with E-state index in [1.807, 2.05) is 31.2 Å². The van der Waals surface area contributed by atoms with Crippen molar-refractivity contribution in [2.24, 2.45) is 5.92 Å². The highest BCUT2D eigenvalue weighted by atomic mass is 16.2. The van der Waals surface area contributed by atoms with E-state index in [9.17, 15) is 9.59 Å². The molecule has 33 heavy (non-hydrogen) atoms. The van der Waals surface area contributed by atoms with Crippen molar-refractivity contribution in [3.63, 3.8) is 0 Å². The first-order valence-electron chi connectivity index (χ1n) is 12.3. The summed E-state index contributed by atoms with van der Waals surface area (Å²) in [5, 5.41) is 2.99. The van der Waals surface area contributed by atoms with E-state index < -0.39 is 0 Å². The number of aryl methyl sites for hydroxylation is 3. The van der Waals surface area contributed by atoms with Gasteiger partial charge < -0.3 is 15.1 Å². The highest BCUT2D eigenvalue weighted by Crippen LogP contribution is 2.32. The second kappa shape index (κ2) is 10.1. The molecule has 2 aromatic carbocycles. The molecule has 2 aliphatic rings. The molecule has 4 rings (SSSR count). The molecule has 2 unspecified atom stereocenters. The van der Waals surface area contributed by atoms with Gasteiger partial charge in [-0.25, -0.2) is 0 Å². The number of hydrogen-bond donors (Lipinski definition) is 1. The van der Waals surface area contributed by atoms with Gasteiger partial charge >= 0.3 is 0 Å². The standard InChI is InChI=1S/C28H37N3O2/c1-19-7-5-9-25(13-19)29-27(32)10-12-30-11-6-8-23(17-30)28(33)31-16-22(4)26-15-21(3)20(2)14-24(26)18-31/h5,7,9,13-15,22-23H,6,8,10-12,16-18H2,1-4H3,(H,29,32). The lowest BCUT2D eigenvalue weighted by Gasteiger charge is -2.38. The van der Waals surface area contributed by atoms with Crippen molar-refractivity contribution in [3.8, 4) is 0 Å². The van der Waals surface area contributed by atoms with Gasteiger partial charge in [-0.05, 0) is 86.0 Å². The topological polar surface area (TPSA) is 52.7 Å². The Hall–Kier alpha value is -2.66. The minimum Gasteiger partial charge on any atom is -0.337 e. The number of hydrogen-bond acceptors (Lipinski definition) is 3. The number of nitrogens with one attached hydrogen (secondary N) is 1. The second-order valence-corrected chi connectivity index (χ2v) is 10.1. The predicted molar refractivity (Wildman–Crippen MR) is 133 cm³/mol. The Balaban J connectivity index is 1.32. The van der Waals surface area contributed by atoms with E-state index in [1.54, 1.807) is 0 Å². The van der Waals surface area contributed by atoms with Crippen LogP contribution in [-0.4, -0.2) is 47.8 Å². The van der Waals surface area contributed by atoms with Gasteiger partial charge in [0.05, 0.1) is 5.92 Å². The third-order valence-electron chi connectivity index (χ3n) is 7.27. The van der Waals surface area contributed by atoms with Crippen molar-refractivity contribution in [1.29, 1.82) is 0 Å². The predicted octanol–water partition coefficient (Wildman–Crippen LogP) is 4.80. The summed E-state index contributed by atoms with van der Waals surface area (Å²) in [6.07, 6.45) is 2.39. The maximum absolute atomic E-state index is 13.4. The van der Waals surface area contributed by atoms with Crippen LogP contribution in [0.5, 0.6) is 0 Å². The monoisotopic (exact) mass is 447 g/mol. The Kier molecular flexibility index (Phi) is 7.18. The average molecular weight is 448 g/mol. The molecule has 0 aromatic heterocycles. The molecule has 1 saturated heterocycles. The number of carbonyl (C=O) groups is 2. The molecular weight excluding hydrogens is 410 g/mol. The first kappa shape index (κ1) is 23.5. The largest absolute Gasteiger partial charge is 0.337 e. The Morgan fingerprint density at radius 1 is 1.06 bits per heavy atom. The van der Waals surface area contributed by atoms with Gasteiger partial charge in [0.2, 0.25) is 11.8 Å². The zero-order valence-corrected chi connectivity index (χ0v) is 20.5. The molecule has 0 radical (unpaired) electrons. The lowest BCUT2D eigenvalue weighted by molar-refractivity contribution is -0.138. The fraction of sp³-hybridized carbons (Fsp3) is 0.500. The summed E-state index contributed by atoms with van der Waals surface area (Å²) in [5.41, 5.74) is 7.29. The van der Waals surface area contributed by atoms with E-state index in [0.717, 1.165) is 50.3 Å². The summed E-state index contributed by atoms with van der Waals surface area (Å²) in [6, 6.07) is 12.4. The summed E-state index contributed by atoms with van der Waals surface area (Å²) in [5.74, 6) is 0.696. The highest BCUT2D eigenvalue weighted by Gasteiger charge is 2.33. The molecule has 0 bridgehead atoms. The van der Waals surface area contributed by atoms with Crippen LogP contribution in [0, 0.1) is 26.7 Å². The van der Waals surface area contributed by atoms with Crippen molar-refractivity contribution >= 4 is 17.5 Å². The van der Waals surface area contributed by atoms with Gasteiger partial charge in [0, 0.05) is 38.3 Å². The lowest BCUT2D eigenvalue weighted by Crippen LogP contribution is -2.47. The Morgan fingerprint density at radius 3 is 2.64 bits per heavy atom. The van der Waals surface area contributed by atoms with E-state index in [-0.39, 0.29) is 17.7 Å². The Bertz CT molecular complexity index is 1030. The fourth-order valence-electron chi connectivity index (χ4n) is 5.29. The number of nitrogens with zero attached hydrogens (tertiary/aromatic N) is 2. The third-order valence-corrected chi connectivity index (χ3v) is 7.27. The molecule has 2 heterocycles. The smallest absolute Gasteiger partial charge is 0.227 e. The quantitative estimate of drug-likeness (QED) is 0.716. The molecule has 1 N–H and O–H groups in total. The molecular formula is C28H37N3O2. The van der Waals surface area contributed by atoms with Crippen molar-refractivity contribution in [1.82, 2.24) is 9.80 Å². The zero-order valence-electron chi connectivity index (χ0n) is 20.5. The van der Waals surface area contributed by atoms with E-state index >= 15 is 0 Å². The van der Waals surface area contributed by atoms with E-state index in [1.165, 1.54) is 22.3 Å². The van der Waals surface area contributed by atoms with Gasteiger partial charge in [0.25, 0.3) is 0 Å². The van der Waals surface area contributed by atoms with E-state index in [4.69, 9.17) is 0 Å². The summed E-state index contributed by atoms with van der Waals surface area (Å²) in [6.45, 7) is 12.5. The number of fused-ring (bicyclic) bond motifs is 1. The van der Waals surface area contributed by atoms with Crippen LogP contribution in [0.4, 0.5) is 5.69 Å². The molecule has 2 atom stereocenters. The molecule has 2 aliphatic heterocycles. The van der Waals surface area contributed by atoms with Crippen LogP contribution < -0.4 is 5.32 Å². The maximum Gasteiger partial charge on any atom is 0.227 e. The van der Waals surface area contributed by atoms with Crippen molar-refractivity contribution in [2.45, 2.75) is 59.4 Å². The molecule has 176 valence electrons. The molecule has 2 aromatic rings. The average Bonchev–Trinajstić information content (AvgIpc) is 2.78. The minimum absolute atomic E-state index is 0.0267. The Labute approximate surface area is 198 Å². The summed E-state index contributed by atoms with van der Waals surface area (Å²) < 4.78 is 0. The molecule has 2 amide bonds. The molecule has 0 saturated carbocycles. The first-order valence-corrected chi connectivity index (χ1v) is 12.3. The summed E-state index contributed by atoms with van der Waals surface area (Å²) >= 11 is 0. The van der Waals surface area contributed by atoms with Crippen molar-refractivity contribution < 1.29 is 9.59 Å². The van der Waals surface area contributed by atoms with Crippen molar-refractivity contribution in [2.75, 3.05) is 31.5 Å². The number of carbonyl (C=O) groups excluding carboxylic acids is 2. The van der Waals surface area contributed by atoms with Gasteiger partial charge in [-0.15, -0.1) is 0 Å². The SMILES string of the molecule is Cc1cccc(NC(=O)CCN2CCCC(C(=O)N3Cc4cc(C)c(C)cc4C(C)C3)C2)c1. The minimum atomic E-state index is 0.0267. The van der Waals surface area contributed by atoms with Gasteiger partial charge in [-0.1, -0.05) is 31.2 Å². The van der Waals surface area contributed by atoms with Crippen LogP contribution in [0.1, 0.15) is 59.9 Å². The summed E-state index contributed by atoms with van der Waals surface area (Å²) in [7, 11) is 0. The molecule has 0 spiro atoms. The third kappa shape index (κ3) is 5.64. The van der Waals surface area contributed by atoms with Crippen molar-refractivity contribution in [3.05, 3.63) is 64.2 Å². The zero-order chi connectivity index (χ0) is 23.5. The molecule has 5 heteroatoms. The van der Waals surface area contributed by atoms with Gasteiger partial charge in [-0.3, -0.25) is 9.59 Å². The maximum atomic E-state index is 13.4. The normalized spacial score (nSPS) is 20.9. The van der Waals surface area contributed by atoms with Crippen LogP contribution in [-0.2, 0) is 16.1 Å². The van der Waals surface area contributed by atoms with E-state index in [0.29, 0.717) is 18.9 Å². The molecule has 0 aliphatic carbocycles. The number of likely N-dealkylation sites (tertiary alicyclic amines) is 1. The van der Waals surface area contributed by atoms with Crippen LogP contribution in [0.3, 0.4) is 0 Å². The number of anilines is 1. The van der Waals surface area contributed by atoms with Crippen LogP contribution in [0.2, 0.25) is 0 Å². The number of piperidine rings is 1. The van der Waals surface area contributed by atoms with Gasteiger partial charge in [0.1, 0.15) is 0 Å². The second-order valence-electron chi connectivity index (χ2n) is 10.1. The van der Waals surface area contributed by atoms with Crippen LogP contribution >= 0.6 is 0 Å². The number of benzene rings is 2. The highest BCUT2D eigenvalue weighted by molar-refractivity contribution is 5.90. The lowest BCUT2D eigenvalue weighted by atomic mass is 9.87. The summed E-state index contributed by atoms with van der Waals surface area (Å²) in [4.78, 5) is 30.2. The van der Waals surface area contributed by atoms with E-state index in [2.05, 4.69) is 48.0 Å². The van der Waals surface area contributed by atoms with Gasteiger partial charge in [-0.2, -0.15) is 0 Å². The number of rotatable bonds is 5. The van der Waals surface area contributed by atoms with Crippen LogP contribution in [0.25, 0.3) is 0 Å². The molecule has 1 fully saturated rings. The number of amides is 2.